The predicted octanol–water partition coefficient (Wildman–Crippen LogP) is 1.34. The van der Waals surface area contributed by atoms with Crippen molar-refractivity contribution in [3.8, 4) is 5.75 Å². The van der Waals surface area contributed by atoms with Gasteiger partial charge in [-0.05, 0) is 19.1 Å². The lowest BCUT2D eigenvalue weighted by Crippen LogP contribution is -2.40. The van der Waals surface area contributed by atoms with Gasteiger partial charge in [0.1, 0.15) is 18.8 Å². The number of aromatic nitrogens is 4. The van der Waals surface area contributed by atoms with Gasteiger partial charge in [-0.1, -0.05) is 11.6 Å². The van der Waals surface area contributed by atoms with Gasteiger partial charge in [0, 0.05) is 19.0 Å². The van der Waals surface area contributed by atoms with Crippen molar-refractivity contribution in [2.75, 3.05) is 57.9 Å². The second kappa shape index (κ2) is 15.4. The summed E-state index contributed by atoms with van der Waals surface area (Å²) in [7, 11) is 1.62. The third kappa shape index (κ3) is 7.79. The minimum absolute atomic E-state index is 0.0351. The first-order valence-electron chi connectivity index (χ1n) is 11.6. The number of fused-ring (bicyclic) bond motifs is 1. The minimum atomic E-state index is -0.512. The van der Waals surface area contributed by atoms with Crippen molar-refractivity contribution in [3.63, 3.8) is 0 Å². The van der Waals surface area contributed by atoms with E-state index in [1.165, 1.54) is 6.38 Å². The fourth-order valence-electron chi connectivity index (χ4n) is 3.70. The molecule has 0 radical (unpaired) electrons. The molecule has 14 heteroatoms. The molecule has 7 N–H and O–H groups in total. The lowest BCUT2D eigenvalue weighted by atomic mass is 10.3. The van der Waals surface area contributed by atoms with Crippen LogP contribution < -0.4 is 31.8 Å². The minimum Gasteiger partial charge on any atom is -0.497 e. The Morgan fingerprint density at radius 2 is 1.81 bits per heavy atom. The van der Waals surface area contributed by atoms with Crippen LogP contribution in [-0.2, 0) is 29.1 Å². The van der Waals surface area contributed by atoms with E-state index < -0.39 is 5.91 Å². The Kier molecular flexibility index (Phi) is 12.6. The maximum Gasteiger partial charge on any atom is 0.277 e. The van der Waals surface area contributed by atoms with Gasteiger partial charge in [0.15, 0.2) is 33.5 Å². The summed E-state index contributed by atoms with van der Waals surface area (Å²) in [4.78, 5) is 20.7. The molecule has 0 aliphatic heterocycles. The first-order chi connectivity index (χ1) is 17.9. The summed E-state index contributed by atoms with van der Waals surface area (Å²) in [6, 6.07) is 5.85. The van der Waals surface area contributed by atoms with Gasteiger partial charge in [-0.2, -0.15) is 0 Å². The molecule has 0 fully saturated rings. The molecule has 0 saturated heterocycles. The van der Waals surface area contributed by atoms with Crippen LogP contribution in [0.2, 0.25) is 5.15 Å². The summed E-state index contributed by atoms with van der Waals surface area (Å²) in [5, 5.41) is 2.78. The topological polar surface area (TPSA) is 169 Å². The molecule has 0 unspecified atom stereocenters. The number of methoxy groups -OCH3 is 1. The van der Waals surface area contributed by atoms with Crippen LogP contribution in [0.1, 0.15) is 23.2 Å². The van der Waals surface area contributed by atoms with Gasteiger partial charge in [-0.3, -0.25) is 4.79 Å². The van der Waals surface area contributed by atoms with Crippen LogP contribution in [0, 0.1) is 0 Å². The third-order valence-corrected chi connectivity index (χ3v) is 5.60. The zero-order valence-electron chi connectivity index (χ0n) is 21.3. The first-order valence-corrected chi connectivity index (χ1v) is 12.7. The molecule has 2 aromatic heterocycles. The largest absolute Gasteiger partial charge is 0.497 e. The van der Waals surface area contributed by atoms with E-state index in [2.05, 4.69) is 36.0 Å². The Labute approximate surface area is 226 Å². The van der Waals surface area contributed by atoms with E-state index in [-0.39, 0.29) is 29.0 Å². The van der Waals surface area contributed by atoms with E-state index >= 15 is 0 Å². The summed E-state index contributed by atoms with van der Waals surface area (Å²) in [5.74, 6) is 0.948. The molecule has 1 aromatic carbocycles. The van der Waals surface area contributed by atoms with E-state index in [0.717, 1.165) is 22.6 Å². The number of rotatable bonds is 13. The molecule has 3 rings (SSSR count). The number of aryl methyl sites for hydroxylation is 1. The zero-order chi connectivity index (χ0) is 27.4. The Morgan fingerprint density at radius 1 is 1.11 bits per heavy atom. The normalized spacial score (nSPS) is 10.8. The van der Waals surface area contributed by atoms with E-state index in [0.29, 0.717) is 46.1 Å². The number of benzene rings is 1. The third-order valence-electron chi connectivity index (χ3n) is 5.32. The molecule has 37 heavy (non-hydrogen) atoms. The Hall–Kier alpha value is -2.90. The molecule has 0 bridgehead atoms. The quantitative estimate of drug-likeness (QED) is 0.137. The van der Waals surface area contributed by atoms with Crippen molar-refractivity contribution in [1.29, 1.82) is 0 Å². The van der Waals surface area contributed by atoms with Crippen LogP contribution in [-0.4, -0.2) is 66.9 Å². The number of carbonyl (C=O) groups excluding carboxylic acids is 1. The summed E-state index contributed by atoms with van der Waals surface area (Å²) in [5.41, 5.74) is 18.7. The number of halogens is 2. The number of ether oxygens (including phenoxy) is 3. The van der Waals surface area contributed by atoms with Crippen LogP contribution in [0.3, 0.4) is 0 Å². The molecule has 12 nitrogen and oxygen atoms in total. The summed E-state index contributed by atoms with van der Waals surface area (Å²) < 4.78 is 20.7. The Morgan fingerprint density at radius 3 is 2.46 bits per heavy atom. The number of nitrogens with one attached hydrogen (secondary N) is 1. The predicted molar refractivity (Wildman–Crippen MR) is 144 cm³/mol. The molecular formula is C23H35Cl2N8O4+. The van der Waals surface area contributed by atoms with Gasteiger partial charge in [-0.25, -0.2) is 19.1 Å². The van der Waals surface area contributed by atoms with Crippen LogP contribution in [0.5, 0.6) is 5.75 Å². The number of hydrogen-bond donors (Lipinski definition) is 4. The summed E-state index contributed by atoms with van der Waals surface area (Å²) >= 11 is 10.6. The maximum atomic E-state index is 12.8. The molecule has 1 amide bonds. The van der Waals surface area contributed by atoms with Crippen LogP contribution in [0.4, 0.5) is 11.6 Å². The number of nitrogen functional groups attached to an aromatic ring is 2. The highest BCUT2D eigenvalue weighted by Crippen LogP contribution is 2.22. The van der Waals surface area contributed by atoms with E-state index in [1.807, 2.05) is 25.1 Å². The molecule has 0 spiro atoms. The number of nitrogens with zero attached hydrogens (tertiary/aromatic N) is 4. The van der Waals surface area contributed by atoms with Crippen LogP contribution >= 0.6 is 23.2 Å². The van der Waals surface area contributed by atoms with Crippen molar-refractivity contribution in [3.05, 3.63) is 34.9 Å². The van der Waals surface area contributed by atoms with Crippen molar-refractivity contribution in [2.45, 2.75) is 26.6 Å². The second-order valence-corrected chi connectivity index (χ2v) is 7.85. The van der Waals surface area contributed by atoms with E-state index in [1.54, 1.807) is 7.11 Å². The van der Waals surface area contributed by atoms with Crippen molar-refractivity contribution < 1.29 is 23.6 Å². The van der Waals surface area contributed by atoms with Gasteiger partial charge >= 0.3 is 0 Å². The monoisotopic (exact) mass is 557 g/mol. The van der Waals surface area contributed by atoms with Crippen molar-refractivity contribution in [1.82, 2.24) is 19.9 Å². The zero-order valence-corrected chi connectivity index (χ0v) is 22.8. The number of carbonyl (C=O) groups is 1. The van der Waals surface area contributed by atoms with Gasteiger partial charge in [0.2, 0.25) is 0 Å². The van der Waals surface area contributed by atoms with Crippen LogP contribution in [0.25, 0.3) is 11.0 Å². The van der Waals surface area contributed by atoms with Gasteiger partial charge in [-0.15, -0.1) is 11.6 Å². The lowest BCUT2D eigenvalue weighted by Gasteiger charge is -2.09. The molecule has 2 heterocycles. The molecular weight excluding hydrogens is 523 g/mol. The van der Waals surface area contributed by atoms with E-state index in [9.17, 15) is 4.79 Å². The molecule has 0 saturated carbocycles. The SMILES string of the molecule is CC[n+]1c(CNC(=O)c2nc(Cl)c(N)nc2N)n(CCOCCOCCN)c2cc(OC)ccc21.CCl. The number of imidazole rings is 1. The van der Waals surface area contributed by atoms with Gasteiger partial charge in [0.05, 0.1) is 40.1 Å². The van der Waals surface area contributed by atoms with Crippen molar-refractivity contribution >= 4 is 51.8 Å². The van der Waals surface area contributed by atoms with Gasteiger partial charge in [0.25, 0.3) is 11.7 Å². The number of amides is 1. The van der Waals surface area contributed by atoms with E-state index in [4.69, 9.17) is 43.0 Å². The standard InChI is InChI=1S/C22H31ClN8O4.CH3Cl/c1-3-30-15-5-4-14(33-2)12-16(15)31(7-9-35-11-10-34-8-6-24)17(30)13-27-22(32)18-20(25)29-21(26)19(23)28-18;1-2/h4-5,12H,3,6-11,13,24H2,1-2H3,(H4-,25,26,27,29,32);1H3/p+1. The average Bonchev–Trinajstić information content (AvgIpc) is 3.21. The second-order valence-electron chi connectivity index (χ2n) is 7.50. The lowest BCUT2D eigenvalue weighted by molar-refractivity contribution is -0.676. The fourth-order valence-corrected chi connectivity index (χ4v) is 3.83. The molecule has 3 aromatic rings. The van der Waals surface area contributed by atoms with Crippen LogP contribution in [0.15, 0.2) is 18.2 Å². The first kappa shape index (κ1) is 30.3. The molecule has 204 valence electrons. The highest BCUT2D eigenvalue weighted by Gasteiger charge is 2.26. The number of anilines is 2. The molecule has 0 aliphatic carbocycles. The smallest absolute Gasteiger partial charge is 0.277 e. The Balaban J connectivity index is 0.00000235. The molecule has 0 aliphatic rings. The maximum absolute atomic E-state index is 12.8. The fraction of sp³-hybridized carbons (Fsp3) is 0.478. The number of alkyl halides is 1. The highest BCUT2D eigenvalue weighted by molar-refractivity contribution is 6.31. The highest BCUT2D eigenvalue weighted by atomic mass is 35.5. The summed E-state index contributed by atoms with van der Waals surface area (Å²) in [6.07, 6.45) is 1.47. The van der Waals surface area contributed by atoms with Crippen molar-refractivity contribution in [2.24, 2.45) is 5.73 Å². The average molecular weight is 558 g/mol. The number of hydrogen-bond acceptors (Lipinski definition) is 9. The summed E-state index contributed by atoms with van der Waals surface area (Å²) in [6.45, 7) is 5.83. The molecule has 0 atom stereocenters. The Bertz CT molecular complexity index is 1180. The number of nitrogens with two attached hydrogens (primary N) is 3. The van der Waals surface area contributed by atoms with Gasteiger partial charge < -0.3 is 36.7 Å².